The Hall–Kier alpha value is -0.390. The van der Waals surface area contributed by atoms with Crippen LogP contribution in [-0.4, -0.2) is 31.8 Å². The third kappa shape index (κ3) is 5.54. The molecule has 1 atom stereocenters. The molecule has 0 bridgehead atoms. The van der Waals surface area contributed by atoms with Crippen molar-refractivity contribution in [2.24, 2.45) is 0 Å². The van der Waals surface area contributed by atoms with Crippen LogP contribution in [0.4, 0.5) is 0 Å². The van der Waals surface area contributed by atoms with Crippen LogP contribution >= 0.6 is 27.7 Å². The van der Waals surface area contributed by atoms with E-state index in [2.05, 4.69) is 47.4 Å². The van der Waals surface area contributed by atoms with Crippen molar-refractivity contribution >= 4 is 27.7 Å². The minimum atomic E-state index is 0.618. The lowest BCUT2D eigenvalue weighted by Crippen LogP contribution is -2.22. The summed E-state index contributed by atoms with van der Waals surface area (Å²) in [6.07, 6.45) is 3.11. The van der Waals surface area contributed by atoms with Gasteiger partial charge in [0.1, 0.15) is 0 Å². The molecular weight excluding hydrogens is 338 g/mol. The number of rotatable bonds is 9. The highest BCUT2D eigenvalue weighted by Crippen LogP contribution is 2.36. The van der Waals surface area contributed by atoms with Crippen molar-refractivity contribution in [2.75, 3.05) is 26.5 Å². The van der Waals surface area contributed by atoms with Gasteiger partial charge in [-0.3, -0.25) is 0 Å². The molecule has 0 heterocycles. The fourth-order valence-electron chi connectivity index (χ4n) is 1.72. The molecule has 1 aromatic carbocycles. The molecule has 0 saturated heterocycles. The summed E-state index contributed by atoms with van der Waals surface area (Å²) in [5.41, 5.74) is 1.19. The minimum absolute atomic E-state index is 0.618. The monoisotopic (exact) mass is 361 g/mol. The molecule has 0 aliphatic carbocycles. The Morgan fingerprint density at radius 2 is 2.15 bits per heavy atom. The number of methoxy groups -OCH3 is 1. The average Bonchev–Trinajstić information content (AvgIpc) is 2.45. The predicted molar refractivity (Wildman–Crippen MR) is 91.2 cm³/mol. The van der Waals surface area contributed by atoms with E-state index >= 15 is 0 Å². The zero-order chi connectivity index (χ0) is 15.0. The Morgan fingerprint density at radius 1 is 1.40 bits per heavy atom. The summed E-state index contributed by atoms with van der Waals surface area (Å²) in [7, 11) is 1.67. The van der Waals surface area contributed by atoms with Gasteiger partial charge in [0.2, 0.25) is 0 Å². The summed E-state index contributed by atoms with van der Waals surface area (Å²) in [5.74, 6) is 1.57. The Labute approximate surface area is 134 Å². The maximum Gasteiger partial charge on any atom is 0.175 e. The molecule has 0 spiro atoms. The van der Waals surface area contributed by atoms with Crippen molar-refractivity contribution in [2.45, 2.75) is 32.1 Å². The normalized spacial score (nSPS) is 12.2. The third-order valence-electron chi connectivity index (χ3n) is 2.90. The van der Waals surface area contributed by atoms with Crippen molar-refractivity contribution in [1.82, 2.24) is 5.32 Å². The van der Waals surface area contributed by atoms with Gasteiger partial charge in [0.15, 0.2) is 11.5 Å². The Morgan fingerprint density at radius 3 is 2.75 bits per heavy atom. The molecule has 0 saturated carbocycles. The van der Waals surface area contributed by atoms with Crippen LogP contribution in [0.2, 0.25) is 0 Å². The molecular formula is C15H24BrNO2S. The summed E-state index contributed by atoms with van der Waals surface area (Å²) in [6.45, 7) is 6.82. The first kappa shape index (κ1) is 17.7. The van der Waals surface area contributed by atoms with Crippen LogP contribution in [0.1, 0.15) is 25.8 Å². The molecule has 1 aromatic rings. The van der Waals surface area contributed by atoms with Gasteiger partial charge in [-0.1, -0.05) is 13.8 Å². The third-order valence-corrected chi connectivity index (χ3v) is 4.46. The molecule has 5 heteroatoms. The molecule has 0 aliphatic heterocycles. The summed E-state index contributed by atoms with van der Waals surface area (Å²) >= 11 is 5.43. The summed E-state index contributed by atoms with van der Waals surface area (Å²) in [4.78, 5) is 0. The fourth-order valence-corrected chi connectivity index (χ4v) is 2.61. The molecule has 0 fully saturated rings. The van der Waals surface area contributed by atoms with E-state index in [4.69, 9.17) is 9.47 Å². The van der Waals surface area contributed by atoms with Gasteiger partial charge >= 0.3 is 0 Å². The highest BCUT2D eigenvalue weighted by Gasteiger charge is 2.11. The van der Waals surface area contributed by atoms with E-state index in [1.807, 2.05) is 17.8 Å². The van der Waals surface area contributed by atoms with Gasteiger partial charge in [0.05, 0.1) is 18.2 Å². The topological polar surface area (TPSA) is 30.5 Å². The Bertz CT molecular complexity index is 415. The second kappa shape index (κ2) is 9.53. The van der Waals surface area contributed by atoms with Gasteiger partial charge < -0.3 is 14.8 Å². The molecule has 20 heavy (non-hydrogen) atoms. The molecule has 1 N–H and O–H groups in total. The van der Waals surface area contributed by atoms with Crippen LogP contribution in [0, 0.1) is 0 Å². The lowest BCUT2D eigenvalue weighted by atomic mass is 10.2. The van der Waals surface area contributed by atoms with E-state index in [1.54, 1.807) is 7.11 Å². The van der Waals surface area contributed by atoms with Crippen LogP contribution in [0.15, 0.2) is 16.6 Å². The number of ether oxygens (including phenoxy) is 2. The minimum Gasteiger partial charge on any atom is -0.493 e. The molecule has 0 aromatic heterocycles. The lowest BCUT2D eigenvalue weighted by Gasteiger charge is -2.15. The molecule has 1 unspecified atom stereocenters. The number of hydrogen-bond acceptors (Lipinski definition) is 4. The van der Waals surface area contributed by atoms with E-state index < -0.39 is 0 Å². The standard InChI is InChI=1S/C15H24BrNO2S/c1-5-6-19-15-13(16)7-12(8-14(15)18-3)10-17-9-11(2)20-4/h7-8,11,17H,5-6,9-10H2,1-4H3. The number of halogens is 1. The zero-order valence-electron chi connectivity index (χ0n) is 12.7. The quantitative estimate of drug-likeness (QED) is 0.717. The second-order valence-corrected chi connectivity index (χ2v) is 6.77. The maximum absolute atomic E-state index is 5.73. The van der Waals surface area contributed by atoms with E-state index in [0.717, 1.165) is 35.5 Å². The molecule has 1 rings (SSSR count). The van der Waals surface area contributed by atoms with Crippen molar-refractivity contribution in [3.8, 4) is 11.5 Å². The molecule has 0 radical (unpaired) electrons. The van der Waals surface area contributed by atoms with Crippen molar-refractivity contribution < 1.29 is 9.47 Å². The Balaban J connectivity index is 2.71. The first-order valence-corrected chi connectivity index (χ1v) is 8.93. The van der Waals surface area contributed by atoms with Crippen molar-refractivity contribution in [3.63, 3.8) is 0 Å². The van der Waals surface area contributed by atoms with E-state index in [-0.39, 0.29) is 0 Å². The van der Waals surface area contributed by atoms with Crippen LogP contribution in [-0.2, 0) is 6.54 Å². The first-order valence-electron chi connectivity index (χ1n) is 6.85. The largest absolute Gasteiger partial charge is 0.493 e. The van der Waals surface area contributed by atoms with Crippen molar-refractivity contribution in [1.29, 1.82) is 0 Å². The summed E-state index contributed by atoms with van der Waals surface area (Å²) < 4.78 is 12.1. The smallest absolute Gasteiger partial charge is 0.175 e. The van der Waals surface area contributed by atoms with Gasteiger partial charge in [-0.2, -0.15) is 11.8 Å². The fraction of sp³-hybridized carbons (Fsp3) is 0.600. The molecule has 0 amide bonds. The SMILES string of the molecule is CCCOc1c(Br)cc(CNCC(C)SC)cc1OC. The number of hydrogen-bond donors (Lipinski definition) is 1. The van der Waals surface area contributed by atoms with Crippen molar-refractivity contribution in [3.05, 3.63) is 22.2 Å². The van der Waals surface area contributed by atoms with Crippen LogP contribution in [0.3, 0.4) is 0 Å². The summed E-state index contributed by atoms with van der Waals surface area (Å²) in [5, 5.41) is 4.07. The summed E-state index contributed by atoms with van der Waals surface area (Å²) in [6, 6.07) is 4.12. The van der Waals surface area contributed by atoms with Gasteiger partial charge in [0.25, 0.3) is 0 Å². The van der Waals surface area contributed by atoms with Gasteiger partial charge in [-0.25, -0.2) is 0 Å². The van der Waals surface area contributed by atoms with E-state index in [9.17, 15) is 0 Å². The number of thioether (sulfide) groups is 1. The lowest BCUT2D eigenvalue weighted by molar-refractivity contribution is 0.292. The number of nitrogens with one attached hydrogen (secondary N) is 1. The van der Waals surface area contributed by atoms with Crippen LogP contribution in [0.25, 0.3) is 0 Å². The van der Waals surface area contributed by atoms with Gasteiger partial charge in [-0.15, -0.1) is 0 Å². The van der Waals surface area contributed by atoms with Gasteiger partial charge in [0, 0.05) is 18.3 Å². The van der Waals surface area contributed by atoms with E-state index in [1.165, 1.54) is 5.56 Å². The highest BCUT2D eigenvalue weighted by molar-refractivity contribution is 9.10. The zero-order valence-corrected chi connectivity index (χ0v) is 15.1. The Kier molecular flexibility index (Phi) is 8.41. The van der Waals surface area contributed by atoms with E-state index in [0.29, 0.717) is 11.9 Å². The maximum atomic E-state index is 5.73. The molecule has 3 nitrogen and oxygen atoms in total. The first-order chi connectivity index (χ1) is 9.62. The average molecular weight is 362 g/mol. The van der Waals surface area contributed by atoms with Crippen LogP contribution < -0.4 is 14.8 Å². The highest BCUT2D eigenvalue weighted by atomic mass is 79.9. The molecule has 114 valence electrons. The van der Waals surface area contributed by atoms with Gasteiger partial charge in [-0.05, 0) is 46.3 Å². The number of benzene rings is 1. The second-order valence-electron chi connectivity index (χ2n) is 4.63. The van der Waals surface area contributed by atoms with Crippen LogP contribution in [0.5, 0.6) is 11.5 Å². The predicted octanol–water partition coefficient (Wildman–Crippen LogP) is 4.09. The molecule has 0 aliphatic rings.